The molecule has 0 bridgehead atoms. The van der Waals surface area contributed by atoms with Crippen molar-refractivity contribution in [2.75, 3.05) is 0 Å². The van der Waals surface area contributed by atoms with Crippen molar-refractivity contribution in [2.24, 2.45) is 0 Å². The summed E-state index contributed by atoms with van der Waals surface area (Å²) in [4.78, 5) is 11.5. The van der Waals surface area contributed by atoms with E-state index in [0.29, 0.717) is 0 Å². The van der Waals surface area contributed by atoms with Crippen LogP contribution in [0.4, 0.5) is 0 Å². The average molecular weight is 174 g/mol. The highest BCUT2D eigenvalue weighted by Gasteiger charge is 1.99. The zero-order valence-corrected chi connectivity index (χ0v) is 7.59. The van der Waals surface area contributed by atoms with E-state index < -0.39 is 0 Å². The third kappa shape index (κ3) is 1.22. The summed E-state index contributed by atoms with van der Waals surface area (Å²) in [6, 6.07) is 3.69. The number of nitrogens with one attached hydrogen (secondary N) is 1. The molecule has 3 nitrogen and oxygen atoms in total. The van der Waals surface area contributed by atoms with Crippen LogP contribution in [0.15, 0.2) is 23.1 Å². The lowest BCUT2D eigenvalue weighted by Crippen LogP contribution is -2.03. The molecule has 3 heteroatoms. The van der Waals surface area contributed by atoms with Crippen LogP contribution < -0.4 is 5.43 Å². The largest absolute Gasteiger partial charge is 0.289 e. The van der Waals surface area contributed by atoms with Crippen molar-refractivity contribution in [1.29, 1.82) is 0 Å². The van der Waals surface area contributed by atoms with Crippen LogP contribution in [-0.2, 0) is 0 Å². The molecule has 0 atom stereocenters. The van der Waals surface area contributed by atoms with E-state index >= 15 is 0 Å². The Morgan fingerprint density at radius 1 is 1.23 bits per heavy atom. The van der Waals surface area contributed by atoms with Crippen LogP contribution in [0.2, 0.25) is 0 Å². The van der Waals surface area contributed by atoms with E-state index in [2.05, 4.69) is 10.2 Å². The quantitative estimate of drug-likeness (QED) is 0.658. The van der Waals surface area contributed by atoms with Crippen molar-refractivity contribution in [3.8, 4) is 0 Å². The third-order valence-electron chi connectivity index (χ3n) is 2.15. The van der Waals surface area contributed by atoms with Gasteiger partial charge in [0.2, 0.25) is 0 Å². The molecule has 1 N–H and O–H groups in total. The summed E-state index contributed by atoms with van der Waals surface area (Å²) in [6.07, 6.45) is 1.72. The SMILES string of the molecule is Cc1cc2cn[nH]c2cc(C)c1=O. The van der Waals surface area contributed by atoms with Gasteiger partial charge >= 0.3 is 0 Å². The normalized spacial score (nSPS) is 10.6. The zero-order valence-electron chi connectivity index (χ0n) is 7.59. The molecule has 0 unspecified atom stereocenters. The molecule has 0 aliphatic rings. The number of rotatable bonds is 0. The predicted octanol–water partition coefficient (Wildman–Crippen LogP) is 1.54. The molecule has 0 aliphatic carbocycles. The Labute approximate surface area is 75.4 Å². The Morgan fingerprint density at radius 2 is 1.92 bits per heavy atom. The molecule has 0 fully saturated rings. The minimum Gasteiger partial charge on any atom is -0.289 e. The van der Waals surface area contributed by atoms with Gasteiger partial charge in [0.25, 0.3) is 0 Å². The molecule has 2 aromatic rings. The van der Waals surface area contributed by atoms with Gasteiger partial charge in [0.15, 0.2) is 5.43 Å². The second-order valence-electron chi connectivity index (χ2n) is 3.22. The van der Waals surface area contributed by atoms with Crippen molar-refractivity contribution in [2.45, 2.75) is 13.8 Å². The average Bonchev–Trinajstić information content (AvgIpc) is 2.47. The van der Waals surface area contributed by atoms with Crippen molar-refractivity contribution >= 4 is 10.9 Å². The standard InChI is InChI=1S/C10H10N2O/c1-6-3-8-5-11-12-9(8)4-7(2)10(6)13/h3-5H,1-2H3,(H,11,12). The Kier molecular flexibility index (Phi) is 1.65. The highest BCUT2D eigenvalue weighted by atomic mass is 16.1. The maximum absolute atomic E-state index is 11.5. The van der Waals surface area contributed by atoms with E-state index in [4.69, 9.17) is 0 Å². The third-order valence-corrected chi connectivity index (χ3v) is 2.15. The Balaban J connectivity index is 3.02. The van der Waals surface area contributed by atoms with Crippen molar-refractivity contribution in [3.63, 3.8) is 0 Å². The fourth-order valence-corrected chi connectivity index (χ4v) is 1.43. The van der Waals surface area contributed by atoms with Gasteiger partial charge in [-0.3, -0.25) is 9.89 Å². The Morgan fingerprint density at radius 3 is 2.69 bits per heavy atom. The van der Waals surface area contributed by atoms with Crippen LogP contribution in [0.3, 0.4) is 0 Å². The van der Waals surface area contributed by atoms with Gasteiger partial charge in [-0.15, -0.1) is 0 Å². The first kappa shape index (κ1) is 7.98. The summed E-state index contributed by atoms with van der Waals surface area (Å²) in [5.41, 5.74) is 2.51. The highest BCUT2D eigenvalue weighted by Crippen LogP contribution is 2.09. The predicted molar refractivity (Wildman–Crippen MR) is 51.8 cm³/mol. The lowest BCUT2D eigenvalue weighted by atomic mass is 10.2. The molecule has 13 heavy (non-hydrogen) atoms. The summed E-state index contributed by atoms with van der Waals surface area (Å²) in [5, 5.41) is 7.73. The van der Waals surface area contributed by atoms with Crippen molar-refractivity contribution in [1.82, 2.24) is 10.2 Å². The molecular weight excluding hydrogens is 164 g/mol. The number of hydrogen-bond donors (Lipinski definition) is 1. The van der Waals surface area contributed by atoms with E-state index in [1.165, 1.54) is 0 Å². The van der Waals surface area contributed by atoms with Crippen LogP contribution in [0.25, 0.3) is 10.9 Å². The van der Waals surface area contributed by atoms with Crippen molar-refractivity contribution < 1.29 is 0 Å². The molecule has 2 rings (SSSR count). The fourth-order valence-electron chi connectivity index (χ4n) is 1.43. The van der Waals surface area contributed by atoms with Crippen LogP contribution in [-0.4, -0.2) is 10.2 Å². The van der Waals surface area contributed by atoms with Gasteiger partial charge in [-0.05, 0) is 37.1 Å². The molecule has 66 valence electrons. The topological polar surface area (TPSA) is 45.8 Å². The van der Waals surface area contributed by atoms with E-state index in [0.717, 1.165) is 22.0 Å². The van der Waals surface area contributed by atoms with Gasteiger partial charge in [-0.25, -0.2) is 0 Å². The zero-order chi connectivity index (χ0) is 9.42. The van der Waals surface area contributed by atoms with Crippen LogP contribution >= 0.6 is 0 Å². The van der Waals surface area contributed by atoms with Gasteiger partial charge in [-0.1, -0.05) is 0 Å². The Bertz CT molecular complexity index is 471. The molecule has 0 saturated carbocycles. The summed E-state index contributed by atoms with van der Waals surface area (Å²) in [5.74, 6) is 0. The highest BCUT2D eigenvalue weighted by molar-refractivity contribution is 5.78. The van der Waals surface area contributed by atoms with Gasteiger partial charge in [-0.2, -0.15) is 5.10 Å². The minimum atomic E-state index is 0.101. The number of fused-ring (bicyclic) bond motifs is 1. The second kappa shape index (κ2) is 2.69. The maximum Gasteiger partial charge on any atom is 0.184 e. The number of hydrogen-bond acceptors (Lipinski definition) is 2. The molecule has 1 aromatic heterocycles. The lowest BCUT2D eigenvalue weighted by molar-refractivity contribution is 1.12. The van der Waals surface area contributed by atoms with Crippen LogP contribution in [0.1, 0.15) is 11.1 Å². The molecule has 0 saturated heterocycles. The maximum atomic E-state index is 11.5. The first-order chi connectivity index (χ1) is 6.18. The lowest BCUT2D eigenvalue weighted by Gasteiger charge is -1.82. The minimum absolute atomic E-state index is 0.101. The number of aryl methyl sites for hydroxylation is 2. The first-order valence-electron chi connectivity index (χ1n) is 4.13. The fraction of sp³-hybridized carbons (Fsp3) is 0.200. The van der Waals surface area contributed by atoms with Crippen LogP contribution in [0.5, 0.6) is 0 Å². The van der Waals surface area contributed by atoms with Crippen molar-refractivity contribution in [3.05, 3.63) is 39.7 Å². The first-order valence-corrected chi connectivity index (χ1v) is 4.13. The Hall–Kier alpha value is -1.64. The van der Waals surface area contributed by atoms with E-state index in [-0.39, 0.29) is 5.43 Å². The smallest absolute Gasteiger partial charge is 0.184 e. The van der Waals surface area contributed by atoms with Gasteiger partial charge < -0.3 is 0 Å². The molecular formula is C10H10N2O. The number of aromatic amines is 1. The second-order valence-corrected chi connectivity index (χ2v) is 3.22. The van der Waals surface area contributed by atoms with E-state index in [1.54, 1.807) is 6.20 Å². The summed E-state index contributed by atoms with van der Waals surface area (Å²) >= 11 is 0. The van der Waals surface area contributed by atoms with E-state index in [9.17, 15) is 4.79 Å². The van der Waals surface area contributed by atoms with Gasteiger partial charge in [0.05, 0.1) is 11.7 Å². The van der Waals surface area contributed by atoms with E-state index in [1.807, 2.05) is 26.0 Å². The molecule has 1 heterocycles. The molecule has 0 spiro atoms. The van der Waals surface area contributed by atoms with Gasteiger partial charge in [0.1, 0.15) is 0 Å². The summed E-state index contributed by atoms with van der Waals surface area (Å²) in [7, 11) is 0. The molecule has 0 amide bonds. The van der Waals surface area contributed by atoms with Crippen LogP contribution in [0, 0.1) is 13.8 Å². The molecule has 1 aromatic carbocycles. The molecule has 0 aliphatic heterocycles. The number of nitrogens with zero attached hydrogens (tertiary/aromatic N) is 1. The summed E-state index contributed by atoms with van der Waals surface area (Å²) < 4.78 is 0. The molecule has 0 radical (unpaired) electrons. The summed E-state index contributed by atoms with van der Waals surface area (Å²) in [6.45, 7) is 3.64. The van der Waals surface area contributed by atoms with Gasteiger partial charge in [0, 0.05) is 5.39 Å². The number of aromatic nitrogens is 2. The monoisotopic (exact) mass is 174 g/mol. The number of H-pyrrole nitrogens is 1.